The highest BCUT2D eigenvalue weighted by molar-refractivity contribution is 6.31. The zero-order valence-corrected chi connectivity index (χ0v) is 12.4. The minimum Gasteiger partial charge on any atom is -0.396 e. The predicted octanol–water partition coefficient (Wildman–Crippen LogP) is 2.48. The molecule has 21 heavy (non-hydrogen) atoms. The fraction of sp³-hybridized carbons (Fsp3) is 0.500. The largest absolute Gasteiger partial charge is 0.396 e. The number of halogens is 1. The molecule has 0 aromatic heterocycles. The monoisotopic (exact) mass is 312 g/mol. The molecule has 1 aliphatic heterocycles. The van der Waals surface area contributed by atoms with E-state index in [1.807, 2.05) is 6.92 Å². The molecule has 0 spiro atoms. The molecule has 0 bridgehead atoms. The second kappa shape index (κ2) is 6.41. The van der Waals surface area contributed by atoms with E-state index in [0.29, 0.717) is 6.54 Å². The maximum Gasteiger partial charge on any atom is 0.271 e. The number of aliphatic hydroxyl groups excluding tert-OH is 1. The number of carbonyl (C=O) groups excluding carboxylic acids is 1. The van der Waals surface area contributed by atoms with Crippen molar-refractivity contribution in [2.75, 3.05) is 13.2 Å². The topological polar surface area (TPSA) is 83.7 Å². The first-order valence-corrected chi connectivity index (χ1v) is 7.17. The summed E-state index contributed by atoms with van der Waals surface area (Å²) in [6.45, 7) is 2.42. The number of hydrogen-bond donors (Lipinski definition) is 1. The number of nitro groups is 1. The summed E-state index contributed by atoms with van der Waals surface area (Å²) in [5.41, 5.74) is 0.00820. The van der Waals surface area contributed by atoms with Crippen LogP contribution in [-0.2, 0) is 0 Å². The molecule has 2 rings (SSSR count). The Labute approximate surface area is 127 Å². The molecule has 0 aliphatic carbocycles. The van der Waals surface area contributed by atoms with Crippen molar-refractivity contribution in [3.63, 3.8) is 0 Å². The molecular weight excluding hydrogens is 296 g/mol. The van der Waals surface area contributed by atoms with Crippen molar-refractivity contribution in [1.82, 2.24) is 4.90 Å². The number of piperidine rings is 1. The molecule has 1 amide bonds. The SMILES string of the molecule is CC1CCC(CO)CN1C(=O)c1cc(Cl)cc([N+](=O)[O-])c1. The van der Waals surface area contributed by atoms with Crippen LogP contribution in [-0.4, -0.2) is 40.0 Å². The lowest BCUT2D eigenvalue weighted by atomic mass is 9.93. The molecule has 1 aromatic rings. The van der Waals surface area contributed by atoms with E-state index in [0.717, 1.165) is 12.8 Å². The fourth-order valence-corrected chi connectivity index (χ4v) is 2.81. The molecule has 0 radical (unpaired) electrons. The predicted molar refractivity (Wildman–Crippen MR) is 78.4 cm³/mol. The number of amides is 1. The van der Waals surface area contributed by atoms with Crippen molar-refractivity contribution in [3.05, 3.63) is 38.9 Å². The standard InChI is InChI=1S/C14H17ClN2O4/c1-9-2-3-10(8-18)7-16(9)14(19)11-4-12(15)6-13(5-11)17(20)21/h4-6,9-10,18H,2-3,7-8H2,1H3. The third-order valence-corrected chi connectivity index (χ3v) is 4.06. The molecule has 1 N–H and O–H groups in total. The van der Waals surface area contributed by atoms with Gasteiger partial charge in [-0.05, 0) is 31.7 Å². The zero-order valence-electron chi connectivity index (χ0n) is 11.7. The summed E-state index contributed by atoms with van der Waals surface area (Å²) in [5.74, 6) is -0.231. The molecule has 1 aliphatic rings. The van der Waals surface area contributed by atoms with Gasteiger partial charge in [-0.15, -0.1) is 0 Å². The summed E-state index contributed by atoms with van der Waals surface area (Å²) >= 11 is 5.85. The number of nitrogens with zero attached hydrogens (tertiary/aromatic N) is 2. The van der Waals surface area contributed by atoms with E-state index < -0.39 is 4.92 Å². The van der Waals surface area contributed by atoms with Crippen LogP contribution in [0.25, 0.3) is 0 Å². The smallest absolute Gasteiger partial charge is 0.271 e. The van der Waals surface area contributed by atoms with E-state index in [4.69, 9.17) is 11.6 Å². The number of benzene rings is 1. The van der Waals surface area contributed by atoms with Crippen molar-refractivity contribution in [3.8, 4) is 0 Å². The Balaban J connectivity index is 2.28. The summed E-state index contributed by atoms with van der Waals surface area (Å²) < 4.78 is 0. The molecule has 1 saturated heterocycles. The lowest BCUT2D eigenvalue weighted by Crippen LogP contribution is -2.46. The summed E-state index contributed by atoms with van der Waals surface area (Å²) in [4.78, 5) is 24.5. The van der Waals surface area contributed by atoms with Crippen LogP contribution in [0.5, 0.6) is 0 Å². The molecule has 6 nitrogen and oxygen atoms in total. The third kappa shape index (κ3) is 3.51. The number of nitro benzene ring substituents is 1. The Morgan fingerprint density at radius 1 is 1.48 bits per heavy atom. The molecule has 2 atom stereocenters. The Hall–Kier alpha value is -1.66. The van der Waals surface area contributed by atoms with Gasteiger partial charge in [0.25, 0.3) is 11.6 Å². The molecule has 0 saturated carbocycles. The molecule has 1 fully saturated rings. The number of rotatable bonds is 3. The second-order valence-corrected chi connectivity index (χ2v) is 5.82. The van der Waals surface area contributed by atoms with Gasteiger partial charge < -0.3 is 10.0 Å². The first-order chi connectivity index (χ1) is 9.92. The summed E-state index contributed by atoms with van der Waals surface area (Å²) in [6.07, 6.45) is 1.68. The summed E-state index contributed by atoms with van der Waals surface area (Å²) in [7, 11) is 0. The number of non-ortho nitro benzene ring substituents is 1. The Bertz CT molecular complexity index is 564. The van der Waals surface area contributed by atoms with Crippen LogP contribution in [0.2, 0.25) is 5.02 Å². The van der Waals surface area contributed by atoms with Crippen LogP contribution >= 0.6 is 11.6 Å². The van der Waals surface area contributed by atoms with Crippen molar-refractivity contribution in [2.45, 2.75) is 25.8 Å². The van der Waals surface area contributed by atoms with Crippen LogP contribution in [0.1, 0.15) is 30.1 Å². The van der Waals surface area contributed by atoms with Crippen molar-refractivity contribution in [1.29, 1.82) is 0 Å². The van der Waals surface area contributed by atoms with E-state index in [2.05, 4.69) is 0 Å². The maximum absolute atomic E-state index is 12.6. The molecule has 2 unspecified atom stereocenters. The highest BCUT2D eigenvalue weighted by Crippen LogP contribution is 2.26. The van der Waals surface area contributed by atoms with Gasteiger partial charge in [-0.25, -0.2) is 0 Å². The van der Waals surface area contributed by atoms with Gasteiger partial charge in [0.2, 0.25) is 0 Å². The molecule has 7 heteroatoms. The minimum absolute atomic E-state index is 0.0339. The zero-order chi connectivity index (χ0) is 15.6. The third-order valence-electron chi connectivity index (χ3n) is 3.84. The second-order valence-electron chi connectivity index (χ2n) is 5.39. The first-order valence-electron chi connectivity index (χ1n) is 6.79. The van der Waals surface area contributed by atoms with Crippen molar-refractivity contribution >= 4 is 23.2 Å². The van der Waals surface area contributed by atoms with Gasteiger partial charge in [-0.1, -0.05) is 11.6 Å². The van der Waals surface area contributed by atoms with Gasteiger partial charge in [-0.2, -0.15) is 0 Å². The number of hydrogen-bond acceptors (Lipinski definition) is 4. The minimum atomic E-state index is -0.571. The van der Waals surface area contributed by atoms with E-state index in [-0.39, 0.29) is 40.7 Å². The van der Waals surface area contributed by atoms with Gasteiger partial charge in [0.1, 0.15) is 0 Å². The van der Waals surface area contributed by atoms with Crippen molar-refractivity contribution < 1.29 is 14.8 Å². The van der Waals surface area contributed by atoms with Crippen LogP contribution in [0, 0.1) is 16.0 Å². The molecule has 1 heterocycles. The lowest BCUT2D eigenvalue weighted by molar-refractivity contribution is -0.384. The van der Waals surface area contributed by atoms with Crippen LogP contribution < -0.4 is 0 Å². The van der Waals surface area contributed by atoms with E-state index in [1.165, 1.54) is 18.2 Å². The summed E-state index contributed by atoms with van der Waals surface area (Å²) in [6, 6.07) is 3.93. The highest BCUT2D eigenvalue weighted by atomic mass is 35.5. The average molecular weight is 313 g/mol. The van der Waals surface area contributed by atoms with Gasteiger partial charge in [-0.3, -0.25) is 14.9 Å². The Kier molecular flexibility index (Phi) is 4.80. The van der Waals surface area contributed by atoms with Crippen molar-refractivity contribution in [2.24, 2.45) is 5.92 Å². The van der Waals surface area contributed by atoms with Gasteiger partial charge in [0.05, 0.1) is 4.92 Å². The number of carbonyl (C=O) groups is 1. The maximum atomic E-state index is 12.6. The van der Waals surface area contributed by atoms with Gasteiger partial charge >= 0.3 is 0 Å². The van der Waals surface area contributed by atoms with Crippen LogP contribution in [0.3, 0.4) is 0 Å². The quantitative estimate of drug-likeness (QED) is 0.686. The van der Waals surface area contributed by atoms with E-state index >= 15 is 0 Å². The van der Waals surface area contributed by atoms with Gasteiger partial charge in [0, 0.05) is 41.9 Å². The molecule has 114 valence electrons. The van der Waals surface area contributed by atoms with E-state index in [9.17, 15) is 20.0 Å². The van der Waals surface area contributed by atoms with Crippen LogP contribution in [0.15, 0.2) is 18.2 Å². The average Bonchev–Trinajstić information content (AvgIpc) is 2.46. The van der Waals surface area contributed by atoms with E-state index in [1.54, 1.807) is 4.90 Å². The number of aliphatic hydroxyl groups is 1. The number of likely N-dealkylation sites (tertiary alicyclic amines) is 1. The molecular formula is C14H17ClN2O4. The van der Waals surface area contributed by atoms with Crippen LogP contribution in [0.4, 0.5) is 5.69 Å². The Morgan fingerprint density at radius 2 is 2.19 bits per heavy atom. The molecule has 1 aromatic carbocycles. The fourth-order valence-electron chi connectivity index (χ4n) is 2.58. The normalized spacial score (nSPS) is 22.1. The Morgan fingerprint density at radius 3 is 2.81 bits per heavy atom. The highest BCUT2D eigenvalue weighted by Gasteiger charge is 2.30. The first kappa shape index (κ1) is 15.7. The van der Waals surface area contributed by atoms with Gasteiger partial charge in [0.15, 0.2) is 0 Å². The lowest BCUT2D eigenvalue weighted by Gasteiger charge is -2.37. The summed E-state index contributed by atoms with van der Waals surface area (Å²) in [5, 5.41) is 20.3.